The molecule has 0 saturated heterocycles. The molecule has 0 unspecified atom stereocenters. The molecule has 0 radical (unpaired) electrons. The van der Waals surface area contributed by atoms with Crippen LogP contribution in [0.25, 0.3) is 0 Å². The van der Waals surface area contributed by atoms with E-state index in [0.717, 1.165) is 11.1 Å². The smallest absolute Gasteiger partial charge is 0.339 e. The van der Waals surface area contributed by atoms with Gasteiger partial charge in [0.2, 0.25) is 12.2 Å². The zero-order valence-electron chi connectivity index (χ0n) is 16.7. The highest BCUT2D eigenvalue weighted by molar-refractivity contribution is 5.94. The van der Waals surface area contributed by atoms with Gasteiger partial charge in [-0.15, -0.1) is 0 Å². The van der Waals surface area contributed by atoms with E-state index in [-0.39, 0.29) is 6.04 Å². The lowest BCUT2D eigenvalue weighted by atomic mass is 10.0. The first-order valence-electron chi connectivity index (χ1n) is 9.87. The van der Waals surface area contributed by atoms with Crippen molar-refractivity contribution in [2.75, 3.05) is 7.11 Å². The molecule has 0 N–H and O–H groups in total. The first-order chi connectivity index (χ1) is 14.7. The van der Waals surface area contributed by atoms with E-state index in [9.17, 15) is 4.79 Å². The third-order valence-electron chi connectivity index (χ3n) is 4.94. The van der Waals surface area contributed by atoms with Gasteiger partial charge in [0.05, 0.1) is 13.2 Å². The standard InChI is InChI=1S/C25H23NO4/c1-28-25(27)23(19-13-7-3-8-14-19)29-22-17-21(18-11-5-2-6-12-18)26-24(30-22)20-15-9-4-10-16-20/h2-16,21-23H,17H2,1H3/t21-,22-,23+/m0/s1. The summed E-state index contributed by atoms with van der Waals surface area (Å²) in [6, 6.07) is 28.9. The number of benzene rings is 3. The van der Waals surface area contributed by atoms with E-state index in [1.54, 1.807) is 0 Å². The predicted octanol–water partition coefficient (Wildman–Crippen LogP) is 4.85. The van der Waals surface area contributed by atoms with Crippen molar-refractivity contribution in [1.82, 2.24) is 0 Å². The molecule has 3 atom stereocenters. The zero-order chi connectivity index (χ0) is 20.8. The Labute approximate surface area is 175 Å². The summed E-state index contributed by atoms with van der Waals surface area (Å²) < 4.78 is 17.2. The number of carbonyl (C=O) groups is 1. The van der Waals surface area contributed by atoms with Crippen LogP contribution in [0.4, 0.5) is 0 Å². The second-order valence-electron chi connectivity index (χ2n) is 6.96. The first-order valence-corrected chi connectivity index (χ1v) is 9.87. The summed E-state index contributed by atoms with van der Waals surface area (Å²) in [7, 11) is 1.35. The molecule has 0 aromatic heterocycles. The number of carbonyl (C=O) groups excluding carboxylic acids is 1. The Morgan fingerprint density at radius 3 is 2.17 bits per heavy atom. The van der Waals surface area contributed by atoms with Gasteiger partial charge in [0.15, 0.2) is 6.10 Å². The lowest BCUT2D eigenvalue weighted by Gasteiger charge is -2.31. The van der Waals surface area contributed by atoms with Gasteiger partial charge < -0.3 is 14.2 Å². The maximum absolute atomic E-state index is 12.5. The zero-order valence-corrected chi connectivity index (χ0v) is 16.7. The van der Waals surface area contributed by atoms with Crippen LogP contribution in [-0.4, -0.2) is 25.3 Å². The number of ether oxygens (including phenoxy) is 3. The number of nitrogens with zero attached hydrogens (tertiary/aromatic N) is 1. The van der Waals surface area contributed by atoms with Crippen molar-refractivity contribution in [3.63, 3.8) is 0 Å². The number of esters is 1. The van der Waals surface area contributed by atoms with Crippen LogP contribution in [0.2, 0.25) is 0 Å². The van der Waals surface area contributed by atoms with E-state index in [0.29, 0.717) is 17.9 Å². The Morgan fingerprint density at radius 2 is 1.53 bits per heavy atom. The van der Waals surface area contributed by atoms with Crippen molar-refractivity contribution in [2.24, 2.45) is 4.99 Å². The number of aliphatic imine (C=N–C) groups is 1. The molecule has 152 valence electrons. The topological polar surface area (TPSA) is 57.1 Å². The van der Waals surface area contributed by atoms with Crippen LogP contribution >= 0.6 is 0 Å². The normalized spacial score (nSPS) is 19.3. The van der Waals surface area contributed by atoms with E-state index in [1.807, 2.05) is 91.0 Å². The van der Waals surface area contributed by atoms with Crippen LogP contribution < -0.4 is 0 Å². The molecule has 0 bridgehead atoms. The number of methoxy groups -OCH3 is 1. The second-order valence-corrected chi connectivity index (χ2v) is 6.96. The second kappa shape index (κ2) is 9.37. The highest BCUT2D eigenvalue weighted by Crippen LogP contribution is 2.33. The van der Waals surface area contributed by atoms with E-state index in [1.165, 1.54) is 7.11 Å². The third-order valence-corrected chi connectivity index (χ3v) is 4.94. The van der Waals surface area contributed by atoms with Crippen LogP contribution in [0.15, 0.2) is 96.0 Å². The van der Waals surface area contributed by atoms with Crippen LogP contribution in [0.1, 0.15) is 35.3 Å². The van der Waals surface area contributed by atoms with Crippen LogP contribution in [-0.2, 0) is 19.0 Å². The molecule has 0 amide bonds. The molecule has 30 heavy (non-hydrogen) atoms. The van der Waals surface area contributed by atoms with Crippen molar-refractivity contribution in [3.8, 4) is 0 Å². The fourth-order valence-corrected chi connectivity index (χ4v) is 3.43. The van der Waals surface area contributed by atoms with Crippen LogP contribution in [0.3, 0.4) is 0 Å². The summed E-state index contributed by atoms with van der Waals surface area (Å²) in [4.78, 5) is 17.3. The average Bonchev–Trinajstić information content (AvgIpc) is 2.83. The molecule has 1 heterocycles. The molecule has 3 aromatic rings. The van der Waals surface area contributed by atoms with Crippen molar-refractivity contribution in [1.29, 1.82) is 0 Å². The monoisotopic (exact) mass is 401 g/mol. The highest BCUT2D eigenvalue weighted by atomic mass is 16.7. The fraction of sp³-hybridized carbons (Fsp3) is 0.200. The van der Waals surface area contributed by atoms with Crippen molar-refractivity contribution in [2.45, 2.75) is 24.9 Å². The summed E-state index contributed by atoms with van der Waals surface area (Å²) >= 11 is 0. The van der Waals surface area contributed by atoms with Gasteiger partial charge in [0.25, 0.3) is 0 Å². The van der Waals surface area contributed by atoms with E-state index >= 15 is 0 Å². The minimum atomic E-state index is -0.882. The summed E-state index contributed by atoms with van der Waals surface area (Å²) in [5, 5.41) is 0. The maximum atomic E-state index is 12.5. The lowest BCUT2D eigenvalue weighted by Crippen LogP contribution is -2.32. The molecule has 0 aliphatic carbocycles. The van der Waals surface area contributed by atoms with Crippen molar-refractivity contribution >= 4 is 11.9 Å². The van der Waals surface area contributed by atoms with Gasteiger partial charge in [-0.25, -0.2) is 9.79 Å². The van der Waals surface area contributed by atoms with Gasteiger partial charge in [0, 0.05) is 12.0 Å². The summed E-state index contributed by atoms with van der Waals surface area (Å²) in [6.07, 6.45) is -1.05. The minimum absolute atomic E-state index is 0.144. The Hall–Kier alpha value is -3.44. The maximum Gasteiger partial charge on any atom is 0.339 e. The predicted molar refractivity (Wildman–Crippen MR) is 114 cm³/mol. The largest absolute Gasteiger partial charge is 0.467 e. The lowest BCUT2D eigenvalue weighted by molar-refractivity contribution is -0.179. The van der Waals surface area contributed by atoms with Gasteiger partial charge in [-0.2, -0.15) is 0 Å². The fourth-order valence-electron chi connectivity index (χ4n) is 3.43. The molecule has 0 spiro atoms. The molecule has 5 heteroatoms. The molecule has 5 nitrogen and oxygen atoms in total. The molecule has 4 rings (SSSR count). The molecular weight excluding hydrogens is 378 g/mol. The van der Waals surface area contributed by atoms with Crippen LogP contribution in [0, 0.1) is 0 Å². The van der Waals surface area contributed by atoms with Gasteiger partial charge in [-0.1, -0.05) is 78.9 Å². The molecule has 0 fully saturated rings. The minimum Gasteiger partial charge on any atom is -0.467 e. The van der Waals surface area contributed by atoms with E-state index in [2.05, 4.69) is 0 Å². The summed E-state index contributed by atoms with van der Waals surface area (Å²) in [6.45, 7) is 0. The first kappa shape index (κ1) is 19.9. The Morgan fingerprint density at radius 1 is 0.933 bits per heavy atom. The van der Waals surface area contributed by atoms with E-state index in [4.69, 9.17) is 19.2 Å². The Bertz CT molecular complexity index is 989. The third kappa shape index (κ3) is 4.58. The number of hydrogen-bond donors (Lipinski definition) is 0. The number of hydrogen-bond acceptors (Lipinski definition) is 5. The molecule has 3 aromatic carbocycles. The highest BCUT2D eigenvalue weighted by Gasteiger charge is 2.33. The summed E-state index contributed by atoms with van der Waals surface area (Å²) in [5.74, 6) is 0.0298. The molecule has 0 saturated carbocycles. The SMILES string of the molecule is COC(=O)[C@H](O[C@@H]1C[C@@H](c2ccccc2)N=C(c2ccccc2)O1)c1ccccc1. The van der Waals surface area contributed by atoms with E-state index < -0.39 is 18.4 Å². The summed E-state index contributed by atoms with van der Waals surface area (Å²) in [5.41, 5.74) is 2.64. The van der Waals surface area contributed by atoms with Gasteiger partial charge in [-0.3, -0.25) is 0 Å². The average molecular weight is 401 g/mol. The van der Waals surface area contributed by atoms with Crippen molar-refractivity contribution in [3.05, 3.63) is 108 Å². The van der Waals surface area contributed by atoms with Crippen LogP contribution in [0.5, 0.6) is 0 Å². The molecular formula is C25H23NO4. The van der Waals surface area contributed by atoms with Gasteiger partial charge in [-0.05, 0) is 23.3 Å². The Balaban J connectivity index is 1.64. The molecule has 1 aliphatic heterocycles. The van der Waals surface area contributed by atoms with Gasteiger partial charge in [0.1, 0.15) is 0 Å². The number of rotatable bonds is 6. The quantitative estimate of drug-likeness (QED) is 0.554. The van der Waals surface area contributed by atoms with Gasteiger partial charge >= 0.3 is 5.97 Å². The Kier molecular flexibility index (Phi) is 6.20. The van der Waals surface area contributed by atoms with Crippen molar-refractivity contribution < 1.29 is 19.0 Å². The molecule has 1 aliphatic rings.